The molecule has 2 N–H and O–H groups in total. The molecule has 3 aromatic rings. The normalized spacial score (nSPS) is 10.7. The summed E-state index contributed by atoms with van der Waals surface area (Å²) in [6, 6.07) is 9.40. The van der Waals surface area contributed by atoms with Crippen molar-refractivity contribution in [1.29, 1.82) is 0 Å². The highest BCUT2D eigenvalue weighted by atomic mass is 16.4. The third kappa shape index (κ3) is 1.89. The van der Waals surface area contributed by atoms with Gasteiger partial charge in [-0.15, -0.1) is 0 Å². The van der Waals surface area contributed by atoms with E-state index in [0.717, 1.165) is 5.56 Å². The molecule has 0 radical (unpaired) electrons. The van der Waals surface area contributed by atoms with Crippen LogP contribution in [-0.2, 0) is 0 Å². The van der Waals surface area contributed by atoms with Gasteiger partial charge in [-0.25, -0.2) is 14.3 Å². The summed E-state index contributed by atoms with van der Waals surface area (Å²) in [6.07, 6.45) is 1.63. The van der Waals surface area contributed by atoms with Crippen LogP contribution in [0, 0.1) is 0 Å². The summed E-state index contributed by atoms with van der Waals surface area (Å²) in [6.45, 7) is 0. The number of nitrogens with one attached hydrogen (secondary N) is 1. The molecular formula is C13H9N3O3. The van der Waals surface area contributed by atoms with Crippen molar-refractivity contribution in [1.82, 2.24) is 14.6 Å². The fourth-order valence-electron chi connectivity index (χ4n) is 1.89. The lowest BCUT2D eigenvalue weighted by atomic mass is 10.1. The number of carbonyl (C=O) groups is 1. The van der Waals surface area contributed by atoms with Crippen molar-refractivity contribution in [3.63, 3.8) is 0 Å². The van der Waals surface area contributed by atoms with Crippen LogP contribution in [0.1, 0.15) is 10.4 Å². The van der Waals surface area contributed by atoms with Crippen molar-refractivity contribution >= 4 is 11.6 Å². The fourth-order valence-corrected chi connectivity index (χ4v) is 1.89. The molecule has 1 aromatic carbocycles. The zero-order chi connectivity index (χ0) is 13.4. The quantitative estimate of drug-likeness (QED) is 0.724. The van der Waals surface area contributed by atoms with Gasteiger partial charge >= 0.3 is 5.97 Å². The van der Waals surface area contributed by atoms with E-state index in [1.54, 1.807) is 28.9 Å². The smallest absolute Gasteiger partial charge is 0.335 e. The number of aromatic amines is 1. The van der Waals surface area contributed by atoms with Crippen LogP contribution in [0.3, 0.4) is 0 Å². The SMILES string of the molecule is O=C(O)c1ccc(-c2cnc3ccc(=O)[nH]n23)cc1. The predicted molar refractivity (Wildman–Crippen MR) is 68.2 cm³/mol. The van der Waals surface area contributed by atoms with Gasteiger partial charge in [0, 0.05) is 11.6 Å². The van der Waals surface area contributed by atoms with Crippen molar-refractivity contribution in [3.05, 3.63) is 58.5 Å². The number of imidazole rings is 1. The first kappa shape index (κ1) is 11.2. The van der Waals surface area contributed by atoms with Gasteiger partial charge in [0.25, 0.3) is 5.56 Å². The summed E-state index contributed by atoms with van der Waals surface area (Å²) >= 11 is 0. The van der Waals surface area contributed by atoms with Gasteiger partial charge < -0.3 is 5.11 Å². The van der Waals surface area contributed by atoms with Gasteiger partial charge in [0.15, 0.2) is 5.65 Å². The Hall–Kier alpha value is -2.89. The van der Waals surface area contributed by atoms with Crippen LogP contribution in [0.4, 0.5) is 0 Å². The van der Waals surface area contributed by atoms with E-state index in [0.29, 0.717) is 11.3 Å². The maximum atomic E-state index is 11.3. The van der Waals surface area contributed by atoms with Gasteiger partial charge in [-0.1, -0.05) is 12.1 Å². The van der Waals surface area contributed by atoms with Crippen LogP contribution in [-0.4, -0.2) is 25.7 Å². The highest BCUT2D eigenvalue weighted by Crippen LogP contribution is 2.19. The summed E-state index contributed by atoms with van der Waals surface area (Å²) in [4.78, 5) is 26.3. The zero-order valence-electron chi connectivity index (χ0n) is 9.70. The number of nitrogens with zero attached hydrogens (tertiary/aromatic N) is 2. The lowest BCUT2D eigenvalue weighted by Gasteiger charge is -2.02. The number of carboxylic acids is 1. The molecule has 0 bridgehead atoms. The maximum Gasteiger partial charge on any atom is 0.335 e. The molecule has 2 heterocycles. The second-order valence-corrected chi connectivity index (χ2v) is 4.03. The van der Waals surface area contributed by atoms with E-state index in [2.05, 4.69) is 10.1 Å². The largest absolute Gasteiger partial charge is 0.478 e. The average molecular weight is 255 g/mol. The Morgan fingerprint density at radius 1 is 1.16 bits per heavy atom. The lowest BCUT2D eigenvalue weighted by molar-refractivity contribution is 0.0697. The van der Waals surface area contributed by atoms with Crippen LogP contribution < -0.4 is 5.56 Å². The Balaban J connectivity index is 2.16. The topological polar surface area (TPSA) is 87.5 Å². The summed E-state index contributed by atoms with van der Waals surface area (Å²) in [5.74, 6) is -0.974. The molecule has 2 aromatic heterocycles. The Labute approximate surface area is 106 Å². The van der Waals surface area contributed by atoms with E-state index in [4.69, 9.17) is 5.11 Å². The van der Waals surface area contributed by atoms with Crippen molar-refractivity contribution in [2.75, 3.05) is 0 Å². The van der Waals surface area contributed by atoms with Gasteiger partial charge in [0.1, 0.15) is 0 Å². The minimum atomic E-state index is -0.974. The third-order valence-electron chi connectivity index (χ3n) is 2.82. The number of aromatic carboxylic acids is 1. The minimum Gasteiger partial charge on any atom is -0.478 e. The van der Waals surface area contributed by atoms with E-state index in [1.165, 1.54) is 18.2 Å². The van der Waals surface area contributed by atoms with Gasteiger partial charge in [-0.3, -0.25) is 9.89 Å². The Kier molecular flexibility index (Phi) is 2.42. The number of aromatic nitrogens is 3. The van der Waals surface area contributed by atoms with E-state index in [-0.39, 0.29) is 11.1 Å². The van der Waals surface area contributed by atoms with Crippen molar-refractivity contribution in [3.8, 4) is 11.3 Å². The number of benzene rings is 1. The van der Waals surface area contributed by atoms with Gasteiger partial charge in [-0.2, -0.15) is 0 Å². The molecule has 0 fully saturated rings. The average Bonchev–Trinajstić information content (AvgIpc) is 2.81. The van der Waals surface area contributed by atoms with E-state index in [1.807, 2.05) is 0 Å². The zero-order valence-corrected chi connectivity index (χ0v) is 9.70. The Bertz CT molecular complexity index is 815. The molecule has 0 aliphatic carbocycles. The molecule has 3 rings (SSSR count). The molecule has 0 spiro atoms. The van der Waals surface area contributed by atoms with Crippen LogP contribution in [0.2, 0.25) is 0 Å². The second kappa shape index (κ2) is 4.09. The molecule has 0 saturated heterocycles. The molecule has 0 saturated carbocycles. The number of H-pyrrole nitrogens is 1. The van der Waals surface area contributed by atoms with Crippen molar-refractivity contribution in [2.45, 2.75) is 0 Å². The Morgan fingerprint density at radius 3 is 2.58 bits per heavy atom. The molecule has 0 aliphatic heterocycles. The molecule has 0 amide bonds. The molecule has 6 heteroatoms. The standard InChI is InChI=1S/C13H9N3O3/c17-12-6-5-11-14-7-10(16(11)15-12)8-1-3-9(4-2-8)13(18)19/h1-7H,(H,15,17)(H,18,19). The first-order valence-corrected chi connectivity index (χ1v) is 5.56. The van der Waals surface area contributed by atoms with E-state index < -0.39 is 5.97 Å². The number of fused-ring (bicyclic) bond motifs is 1. The number of rotatable bonds is 2. The summed E-state index contributed by atoms with van der Waals surface area (Å²) in [5, 5.41) is 11.5. The van der Waals surface area contributed by atoms with Gasteiger partial charge in [0.05, 0.1) is 17.5 Å². The molecule has 6 nitrogen and oxygen atoms in total. The molecule has 0 atom stereocenters. The molecule has 94 valence electrons. The summed E-state index contributed by atoms with van der Waals surface area (Å²) < 4.78 is 1.57. The molecule has 0 aliphatic rings. The van der Waals surface area contributed by atoms with Gasteiger partial charge in [0.2, 0.25) is 0 Å². The van der Waals surface area contributed by atoms with Crippen LogP contribution in [0.25, 0.3) is 16.9 Å². The van der Waals surface area contributed by atoms with Crippen LogP contribution in [0.5, 0.6) is 0 Å². The highest BCUT2D eigenvalue weighted by molar-refractivity contribution is 5.88. The summed E-state index contributed by atoms with van der Waals surface area (Å²) in [5.41, 5.74) is 2.08. The van der Waals surface area contributed by atoms with Crippen LogP contribution >= 0.6 is 0 Å². The first-order chi connectivity index (χ1) is 9.15. The molecule has 19 heavy (non-hydrogen) atoms. The Morgan fingerprint density at radius 2 is 1.89 bits per heavy atom. The van der Waals surface area contributed by atoms with Crippen molar-refractivity contribution in [2.24, 2.45) is 0 Å². The molecule has 0 unspecified atom stereocenters. The number of hydrogen-bond acceptors (Lipinski definition) is 3. The van der Waals surface area contributed by atoms with Gasteiger partial charge in [-0.05, 0) is 18.2 Å². The first-order valence-electron chi connectivity index (χ1n) is 5.56. The van der Waals surface area contributed by atoms with E-state index in [9.17, 15) is 9.59 Å². The third-order valence-corrected chi connectivity index (χ3v) is 2.82. The minimum absolute atomic E-state index is 0.214. The second-order valence-electron chi connectivity index (χ2n) is 4.03. The number of hydrogen-bond donors (Lipinski definition) is 2. The lowest BCUT2D eigenvalue weighted by Crippen LogP contribution is -2.09. The van der Waals surface area contributed by atoms with E-state index >= 15 is 0 Å². The monoisotopic (exact) mass is 255 g/mol. The predicted octanol–water partition coefficient (Wildman–Crippen LogP) is 1.39. The molecular weight excluding hydrogens is 246 g/mol. The van der Waals surface area contributed by atoms with Crippen molar-refractivity contribution < 1.29 is 9.90 Å². The highest BCUT2D eigenvalue weighted by Gasteiger charge is 2.08. The number of carboxylic acid groups (broad SMARTS) is 1. The summed E-state index contributed by atoms with van der Waals surface area (Å²) in [7, 11) is 0. The fraction of sp³-hybridized carbons (Fsp3) is 0. The van der Waals surface area contributed by atoms with Crippen LogP contribution in [0.15, 0.2) is 47.4 Å². The maximum absolute atomic E-state index is 11.3.